The normalized spacial score (nSPS) is 11.4. The molecule has 2 aromatic rings. The van der Waals surface area contributed by atoms with Crippen molar-refractivity contribution in [2.45, 2.75) is 18.4 Å². The van der Waals surface area contributed by atoms with Crippen LogP contribution in [0.2, 0.25) is 0 Å². The van der Waals surface area contributed by atoms with E-state index in [0.29, 0.717) is 23.4 Å². The standard InChI is InChI=1S/C14H16FN3O2S/c1-10-8-17-6-5-13(10)18-21(19,20)14-4-3-11(9-16-2)7-12(14)15/h3-8,16H,9H2,1-2H3,(H,17,18). The van der Waals surface area contributed by atoms with E-state index in [0.717, 1.165) is 0 Å². The second kappa shape index (κ2) is 6.19. The minimum Gasteiger partial charge on any atom is -0.316 e. The summed E-state index contributed by atoms with van der Waals surface area (Å²) in [6.45, 7) is 2.19. The number of rotatable bonds is 5. The van der Waals surface area contributed by atoms with Crippen LogP contribution in [0.3, 0.4) is 0 Å². The van der Waals surface area contributed by atoms with E-state index < -0.39 is 15.8 Å². The van der Waals surface area contributed by atoms with Crippen LogP contribution >= 0.6 is 0 Å². The lowest BCUT2D eigenvalue weighted by Gasteiger charge is -2.11. The van der Waals surface area contributed by atoms with Gasteiger partial charge in [-0.15, -0.1) is 0 Å². The predicted octanol–water partition coefficient (Wildman–Crippen LogP) is 2.05. The lowest BCUT2D eigenvalue weighted by atomic mass is 10.2. The first-order valence-corrected chi connectivity index (χ1v) is 7.79. The monoisotopic (exact) mass is 309 g/mol. The molecule has 0 bridgehead atoms. The van der Waals surface area contributed by atoms with Crippen molar-refractivity contribution in [3.05, 3.63) is 53.6 Å². The molecule has 7 heteroatoms. The van der Waals surface area contributed by atoms with Gasteiger partial charge in [0.15, 0.2) is 0 Å². The highest BCUT2D eigenvalue weighted by Gasteiger charge is 2.20. The van der Waals surface area contributed by atoms with Gasteiger partial charge >= 0.3 is 0 Å². The van der Waals surface area contributed by atoms with Crippen LogP contribution in [0.15, 0.2) is 41.6 Å². The molecule has 1 aromatic carbocycles. The maximum Gasteiger partial charge on any atom is 0.264 e. The lowest BCUT2D eigenvalue weighted by molar-refractivity contribution is 0.568. The number of nitrogens with zero attached hydrogens (tertiary/aromatic N) is 1. The Morgan fingerprint density at radius 3 is 2.67 bits per heavy atom. The van der Waals surface area contributed by atoms with Crippen molar-refractivity contribution >= 4 is 15.7 Å². The quantitative estimate of drug-likeness (QED) is 0.887. The fraction of sp³-hybridized carbons (Fsp3) is 0.214. The highest BCUT2D eigenvalue weighted by molar-refractivity contribution is 7.92. The number of anilines is 1. The van der Waals surface area contributed by atoms with E-state index in [1.807, 2.05) is 0 Å². The minimum absolute atomic E-state index is 0.376. The minimum atomic E-state index is -3.97. The summed E-state index contributed by atoms with van der Waals surface area (Å²) >= 11 is 0. The number of hydrogen-bond donors (Lipinski definition) is 2. The van der Waals surface area contributed by atoms with Gasteiger partial charge < -0.3 is 5.32 Å². The largest absolute Gasteiger partial charge is 0.316 e. The van der Waals surface area contributed by atoms with Crippen LogP contribution in [0.1, 0.15) is 11.1 Å². The van der Waals surface area contributed by atoms with Gasteiger partial charge in [-0.1, -0.05) is 6.07 Å². The second-order valence-electron chi connectivity index (χ2n) is 4.59. The smallest absolute Gasteiger partial charge is 0.264 e. The first kappa shape index (κ1) is 15.4. The Labute approximate surface area is 123 Å². The number of halogens is 1. The van der Waals surface area contributed by atoms with Gasteiger partial charge in [0.05, 0.1) is 5.69 Å². The molecule has 0 spiro atoms. The number of nitrogens with one attached hydrogen (secondary N) is 2. The van der Waals surface area contributed by atoms with Crippen LogP contribution < -0.4 is 10.0 Å². The first-order valence-electron chi connectivity index (χ1n) is 6.30. The van der Waals surface area contributed by atoms with Crippen LogP contribution in [0, 0.1) is 12.7 Å². The van der Waals surface area contributed by atoms with Crippen molar-refractivity contribution in [1.82, 2.24) is 10.3 Å². The second-order valence-corrected chi connectivity index (χ2v) is 6.24. The summed E-state index contributed by atoms with van der Waals surface area (Å²) < 4.78 is 40.9. The lowest BCUT2D eigenvalue weighted by Crippen LogP contribution is -2.16. The zero-order valence-corrected chi connectivity index (χ0v) is 12.5. The van der Waals surface area contributed by atoms with E-state index in [1.54, 1.807) is 20.0 Å². The van der Waals surface area contributed by atoms with E-state index in [9.17, 15) is 12.8 Å². The molecule has 0 aliphatic rings. The highest BCUT2D eigenvalue weighted by atomic mass is 32.2. The van der Waals surface area contributed by atoms with Gasteiger partial charge in [-0.2, -0.15) is 0 Å². The Balaban J connectivity index is 2.34. The molecular weight excluding hydrogens is 293 g/mol. The summed E-state index contributed by atoms with van der Waals surface area (Å²) in [7, 11) is -2.24. The van der Waals surface area contributed by atoms with Gasteiger partial charge in [0, 0.05) is 18.9 Å². The molecule has 0 saturated heterocycles. The molecule has 5 nitrogen and oxygen atoms in total. The van der Waals surface area contributed by atoms with E-state index in [-0.39, 0.29) is 4.90 Å². The molecule has 21 heavy (non-hydrogen) atoms. The summed E-state index contributed by atoms with van der Waals surface area (Å²) in [4.78, 5) is 3.51. The Morgan fingerprint density at radius 2 is 2.05 bits per heavy atom. The number of hydrogen-bond acceptors (Lipinski definition) is 4. The fourth-order valence-electron chi connectivity index (χ4n) is 1.86. The summed E-state index contributed by atoms with van der Waals surface area (Å²) in [5, 5.41) is 2.88. The van der Waals surface area contributed by atoms with Crippen LogP contribution in [0.4, 0.5) is 10.1 Å². The molecule has 0 atom stereocenters. The van der Waals surface area contributed by atoms with Gasteiger partial charge in [0.1, 0.15) is 10.7 Å². The van der Waals surface area contributed by atoms with Crippen LogP contribution in [0.5, 0.6) is 0 Å². The summed E-state index contributed by atoms with van der Waals surface area (Å²) in [6.07, 6.45) is 3.00. The zero-order chi connectivity index (χ0) is 15.5. The van der Waals surface area contributed by atoms with Crippen molar-refractivity contribution in [3.63, 3.8) is 0 Å². The number of aryl methyl sites for hydroxylation is 1. The molecule has 0 saturated carbocycles. The van der Waals surface area contributed by atoms with E-state index in [4.69, 9.17) is 0 Å². The molecule has 0 amide bonds. The van der Waals surface area contributed by atoms with Gasteiger partial charge in [-0.25, -0.2) is 12.8 Å². The topological polar surface area (TPSA) is 71.1 Å². The Hall–Kier alpha value is -1.99. The molecular formula is C14H16FN3O2S. The van der Waals surface area contributed by atoms with Crippen LogP contribution in [-0.2, 0) is 16.6 Å². The first-order chi connectivity index (χ1) is 9.94. The molecule has 0 fully saturated rings. The van der Waals surface area contributed by atoms with Crippen molar-refractivity contribution < 1.29 is 12.8 Å². The predicted molar refractivity (Wildman–Crippen MR) is 78.9 cm³/mol. The van der Waals surface area contributed by atoms with Crippen LogP contribution in [-0.4, -0.2) is 20.4 Å². The molecule has 1 aromatic heterocycles. The molecule has 0 aliphatic heterocycles. The summed E-state index contributed by atoms with van der Waals surface area (Å²) in [6, 6.07) is 5.58. The highest BCUT2D eigenvalue weighted by Crippen LogP contribution is 2.21. The number of sulfonamides is 1. The molecule has 112 valence electrons. The third-order valence-corrected chi connectivity index (χ3v) is 4.33. The van der Waals surface area contributed by atoms with Gasteiger partial charge in [-0.3, -0.25) is 9.71 Å². The van der Waals surface area contributed by atoms with E-state index in [1.165, 1.54) is 30.6 Å². The number of benzene rings is 1. The number of pyridine rings is 1. The fourth-order valence-corrected chi connectivity index (χ4v) is 3.06. The average molecular weight is 309 g/mol. The van der Waals surface area contributed by atoms with E-state index in [2.05, 4.69) is 15.0 Å². The third kappa shape index (κ3) is 3.56. The Bertz CT molecular complexity index is 748. The Kier molecular flexibility index (Phi) is 4.54. The van der Waals surface area contributed by atoms with Crippen LogP contribution in [0.25, 0.3) is 0 Å². The number of aromatic nitrogens is 1. The summed E-state index contributed by atoms with van der Waals surface area (Å²) in [5.41, 5.74) is 1.71. The maximum absolute atomic E-state index is 14.0. The Morgan fingerprint density at radius 1 is 1.29 bits per heavy atom. The zero-order valence-electron chi connectivity index (χ0n) is 11.7. The molecule has 2 rings (SSSR count). The molecule has 0 radical (unpaired) electrons. The molecule has 1 heterocycles. The molecule has 2 N–H and O–H groups in total. The third-order valence-electron chi connectivity index (χ3n) is 2.93. The van der Waals surface area contributed by atoms with Crippen molar-refractivity contribution in [1.29, 1.82) is 0 Å². The maximum atomic E-state index is 14.0. The van der Waals surface area contributed by atoms with Gasteiger partial charge in [0.25, 0.3) is 10.0 Å². The SMILES string of the molecule is CNCc1ccc(S(=O)(=O)Nc2ccncc2C)c(F)c1. The van der Waals surface area contributed by atoms with Crippen molar-refractivity contribution in [3.8, 4) is 0 Å². The summed E-state index contributed by atoms with van der Waals surface area (Å²) in [5.74, 6) is -0.776. The van der Waals surface area contributed by atoms with E-state index >= 15 is 0 Å². The molecule has 0 aliphatic carbocycles. The van der Waals surface area contributed by atoms with Gasteiger partial charge in [0.2, 0.25) is 0 Å². The van der Waals surface area contributed by atoms with Crippen molar-refractivity contribution in [2.24, 2.45) is 0 Å². The average Bonchev–Trinajstić information content (AvgIpc) is 2.41. The van der Waals surface area contributed by atoms with Gasteiger partial charge in [-0.05, 0) is 43.3 Å². The molecule has 0 unspecified atom stereocenters. The van der Waals surface area contributed by atoms with Crippen molar-refractivity contribution in [2.75, 3.05) is 11.8 Å².